The highest BCUT2D eigenvalue weighted by Gasteiger charge is 2.23. The molecule has 1 saturated carbocycles. The zero-order valence-corrected chi connectivity index (χ0v) is 13.8. The fourth-order valence-electron chi connectivity index (χ4n) is 2.47. The first-order chi connectivity index (χ1) is 10.1. The van der Waals surface area contributed by atoms with Crippen LogP contribution in [0.5, 0.6) is 0 Å². The average Bonchev–Trinajstić information content (AvgIpc) is 3.27. The van der Waals surface area contributed by atoms with E-state index in [9.17, 15) is 4.79 Å². The number of anilines is 1. The molecule has 0 spiro atoms. The minimum Gasteiger partial charge on any atom is -0.377 e. The minimum absolute atomic E-state index is 0.0881. The number of rotatable bonds is 9. The molecule has 4 nitrogen and oxygen atoms in total. The lowest BCUT2D eigenvalue weighted by Crippen LogP contribution is -2.29. The van der Waals surface area contributed by atoms with Gasteiger partial charge in [-0.1, -0.05) is 44.2 Å². The summed E-state index contributed by atoms with van der Waals surface area (Å²) in [5.74, 6) is 0.621. The quantitative estimate of drug-likeness (QED) is 0.699. The summed E-state index contributed by atoms with van der Waals surface area (Å²) in [4.78, 5) is 12.4. The van der Waals surface area contributed by atoms with Gasteiger partial charge in [0.15, 0.2) is 0 Å². The Labute approximate surface area is 131 Å². The normalized spacial score (nSPS) is 16.0. The van der Waals surface area contributed by atoms with E-state index in [-0.39, 0.29) is 11.6 Å². The van der Waals surface area contributed by atoms with E-state index in [0.717, 1.165) is 13.0 Å². The zero-order valence-electron chi connectivity index (χ0n) is 13.1. The maximum atomic E-state index is 12.4. The van der Waals surface area contributed by atoms with Crippen molar-refractivity contribution in [1.82, 2.24) is 9.78 Å². The number of unbranched alkanes of at least 4 members (excludes halogenated alkanes) is 3. The third-order valence-electron chi connectivity index (χ3n) is 4.01. The molecule has 1 unspecified atom stereocenters. The van der Waals surface area contributed by atoms with Gasteiger partial charge >= 0.3 is 0 Å². The largest absolute Gasteiger partial charge is 0.377 e. The van der Waals surface area contributed by atoms with Crippen LogP contribution in [0.15, 0.2) is 11.0 Å². The lowest BCUT2D eigenvalue weighted by molar-refractivity contribution is 0.532. The van der Waals surface area contributed by atoms with E-state index in [0.29, 0.717) is 16.6 Å². The minimum atomic E-state index is -0.0881. The molecule has 5 heteroatoms. The molecule has 1 aliphatic rings. The zero-order chi connectivity index (χ0) is 15.2. The van der Waals surface area contributed by atoms with Crippen LogP contribution in [0.2, 0.25) is 5.02 Å². The summed E-state index contributed by atoms with van der Waals surface area (Å²) in [5.41, 5.74) is 0.421. The number of aromatic nitrogens is 2. The molecule has 1 aromatic heterocycles. The van der Waals surface area contributed by atoms with Gasteiger partial charge in [-0.25, -0.2) is 4.68 Å². The molecule has 0 saturated heterocycles. The highest BCUT2D eigenvalue weighted by atomic mass is 35.5. The fourth-order valence-corrected chi connectivity index (χ4v) is 2.65. The molecule has 0 aromatic carbocycles. The fraction of sp³-hybridized carbons (Fsp3) is 0.750. The molecule has 1 fully saturated rings. The molecule has 1 aromatic rings. The third kappa shape index (κ3) is 5.03. The van der Waals surface area contributed by atoms with Crippen molar-refractivity contribution in [3.05, 3.63) is 21.6 Å². The summed E-state index contributed by atoms with van der Waals surface area (Å²) in [6.07, 6.45) is 9.99. The topological polar surface area (TPSA) is 46.9 Å². The van der Waals surface area contributed by atoms with Crippen molar-refractivity contribution in [3.63, 3.8) is 0 Å². The Morgan fingerprint density at radius 3 is 2.86 bits per heavy atom. The second kappa shape index (κ2) is 7.83. The van der Waals surface area contributed by atoms with E-state index >= 15 is 0 Å². The van der Waals surface area contributed by atoms with Crippen LogP contribution in [0.25, 0.3) is 0 Å². The van der Waals surface area contributed by atoms with Crippen LogP contribution in [-0.2, 0) is 6.54 Å². The molecule has 21 heavy (non-hydrogen) atoms. The molecule has 0 aliphatic heterocycles. The van der Waals surface area contributed by atoms with E-state index in [1.165, 1.54) is 38.5 Å². The number of hydrogen-bond donors (Lipinski definition) is 1. The second-order valence-electron chi connectivity index (χ2n) is 6.19. The van der Waals surface area contributed by atoms with E-state index < -0.39 is 0 Å². The van der Waals surface area contributed by atoms with E-state index in [1.54, 1.807) is 10.9 Å². The van der Waals surface area contributed by atoms with Crippen molar-refractivity contribution >= 4 is 17.3 Å². The van der Waals surface area contributed by atoms with Crippen LogP contribution < -0.4 is 10.9 Å². The predicted molar refractivity (Wildman–Crippen MR) is 88.1 cm³/mol. The first-order valence-electron chi connectivity index (χ1n) is 8.14. The molecule has 1 atom stereocenters. The monoisotopic (exact) mass is 311 g/mol. The van der Waals surface area contributed by atoms with Gasteiger partial charge in [-0.05, 0) is 32.1 Å². The smallest absolute Gasteiger partial charge is 0.291 e. The van der Waals surface area contributed by atoms with Gasteiger partial charge < -0.3 is 5.32 Å². The lowest BCUT2D eigenvalue weighted by atomic mass is 10.1. The van der Waals surface area contributed by atoms with Gasteiger partial charge in [0, 0.05) is 12.6 Å². The van der Waals surface area contributed by atoms with Crippen molar-refractivity contribution in [1.29, 1.82) is 0 Å². The van der Waals surface area contributed by atoms with Gasteiger partial charge in [0.2, 0.25) is 0 Å². The number of nitrogens with one attached hydrogen (secondary N) is 1. The number of nitrogens with zero attached hydrogens (tertiary/aromatic N) is 2. The Morgan fingerprint density at radius 2 is 2.19 bits per heavy atom. The molecule has 0 radical (unpaired) electrons. The predicted octanol–water partition coefficient (Wildman–Crippen LogP) is 4.08. The Balaban J connectivity index is 1.95. The molecule has 118 valence electrons. The van der Waals surface area contributed by atoms with Crippen LogP contribution in [0.4, 0.5) is 5.69 Å². The van der Waals surface area contributed by atoms with E-state index in [2.05, 4.69) is 24.3 Å². The number of halogens is 1. The van der Waals surface area contributed by atoms with Crippen LogP contribution in [0, 0.1) is 5.92 Å². The van der Waals surface area contributed by atoms with Crippen LogP contribution >= 0.6 is 11.6 Å². The maximum absolute atomic E-state index is 12.4. The molecule has 0 amide bonds. The molecular formula is C16H26ClN3O. The van der Waals surface area contributed by atoms with Gasteiger partial charge in [0.1, 0.15) is 5.69 Å². The molecule has 2 rings (SSSR count). The van der Waals surface area contributed by atoms with Gasteiger partial charge in [-0.3, -0.25) is 4.79 Å². The second-order valence-corrected chi connectivity index (χ2v) is 6.60. The Morgan fingerprint density at radius 1 is 1.43 bits per heavy atom. The first-order valence-corrected chi connectivity index (χ1v) is 8.51. The Bertz CT molecular complexity index is 511. The average molecular weight is 312 g/mol. The first kappa shape index (κ1) is 16.3. The Hall–Kier alpha value is -1.03. The van der Waals surface area contributed by atoms with Crippen molar-refractivity contribution in [3.8, 4) is 0 Å². The highest BCUT2D eigenvalue weighted by Crippen LogP contribution is 2.30. The number of hydrogen-bond acceptors (Lipinski definition) is 3. The van der Waals surface area contributed by atoms with Crippen molar-refractivity contribution in [2.75, 3.05) is 5.32 Å². The van der Waals surface area contributed by atoms with E-state index in [1.807, 2.05) is 0 Å². The summed E-state index contributed by atoms with van der Waals surface area (Å²) in [5, 5.41) is 7.85. The van der Waals surface area contributed by atoms with Crippen molar-refractivity contribution in [2.24, 2.45) is 5.92 Å². The van der Waals surface area contributed by atoms with Gasteiger partial charge in [-0.2, -0.15) is 5.10 Å². The van der Waals surface area contributed by atoms with Gasteiger partial charge in [0.25, 0.3) is 5.56 Å². The van der Waals surface area contributed by atoms with Crippen LogP contribution in [0.1, 0.15) is 58.8 Å². The molecule has 0 bridgehead atoms. The third-order valence-corrected chi connectivity index (χ3v) is 4.29. The Kier molecular flexibility index (Phi) is 6.09. The molecule has 1 N–H and O–H groups in total. The van der Waals surface area contributed by atoms with Crippen molar-refractivity contribution in [2.45, 2.75) is 71.4 Å². The lowest BCUT2D eigenvalue weighted by Gasteiger charge is -2.16. The van der Waals surface area contributed by atoms with Gasteiger partial charge in [-0.15, -0.1) is 0 Å². The standard InChI is InChI=1S/C16H26ClN3O/c1-3-4-5-6-7-12(2)19-15-14(17)10-18-20(16(15)21)11-13-8-9-13/h10,12-13,19H,3-9,11H2,1-2H3. The molecule has 1 heterocycles. The SMILES string of the molecule is CCCCCCC(C)Nc1c(Cl)cnn(CC2CC2)c1=O. The summed E-state index contributed by atoms with van der Waals surface area (Å²) in [6, 6.07) is 0.254. The highest BCUT2D eigenvalue weighted by molar-refractivity contribution is 6.33. The van der Waals surface area contributed by atoms with Gasteiger partial charge in [0.05, 0.1) is 11.2 Å². The summed E-state index contributed by atoms with van der Waals surface area (Å²) in [7, 11) is 0. The summed E-state index contributed by atoms with van der Waals surface area (Å²) in [6.45, 7) is 5.03. The molecular weight excluding hydrogens is 286 g/mol. The van der Waals surface area contributed by atoms with E-state index in [4.69, 9.17) is 11.6 Å². The molecule has 1 aliphatic carbocycles. The van der Waals surface area contributed by atoms with Crippen LogP contribution in [0.3, 0.4) is 0 Å². The van der Waals surface area contributed by atoms with Crippen LogP contribution in [-0.4, -0.2) is 15.8 Å². The maximum Gasteiger partial charge on any atom is 0.291 e. The summed E-state index contributed by atoms with van der Waals surface area (Å²) < 4.78 is 1.55. The summed E-state index contributed by atoms with van der Waals surface area (Å²) >= 11 is 6.14. The van der Waals surface area contributed by atoms with Crippen molar-refractivity contribution < 1.29 is 0 Å².